The molecule has 0 aliphatic carbocycles. The summed E-state index contributed by atoms with van der Waals surface area (Å²) in [4.78, 5) is 8.46. The molecule has 90 valence electrons. The molecule has 0 saturated carbocycles. The standard InChI is InChI=1S/C11H19N3O2/c1-3-5-12-11-13-9(2)8-10(14-11)16-7-4-6-15/h8,15H,3-7H2,1-2H3,(H,12,13,14). The fraction of sp³-hybridized carbons (Fsp3) is 0.636. The first-order valence-corrected chi connectivity index (χ1v) is 5.59. The van der Waals surface area contributed by atoms with Crippen LogP contribution >= 0.6 is 0 Å². The Bertz CT molecular complexity index is 318. The van der Waals surface area contributed by atoms with Crippen LogP contribution in [-0.2, 0) is 0 Å². The lowest BCUT2D eigenvalue weighted by Gasteiger charge is -2.08. The van der Waals surface area contributed by atoms with E-state index in [1.165, 1.54) is 0 Å². The third-order valence-electron chi connectivity index (χ3n) is 1.92. The number of hydrogen-bond donors (Lipinski definition) is 2. The molecule has 0 aliphatic rings. The fourth-order valence-corrected chi connectivity index (χ4v) is 1.17. The molecular formula is C11H19N3O2. The molecule has 0 fully saturated rings. The van der Waals surface area contributed by atoms with Crippen molar-refractivity contribution in [1.82, 2.24) is 9.97 Å². The molecule has 0 saturated heterocycles. The number of aliphatic hydroxyl groups excluding tert-OH is 1. The zero-order chi connectivity index (χ0) is 11.8. The maximum Gasteiger partial charge on any atom is 0.226 e. The van der Waals surface area contributed by atoms with Gasteiger partial charge in [0.25, 0.3) is 0 Å². The van der Waals surface area contributed by atoms with E-state index in [2.05, 4.69) is 22.2 Å². The van der Waals surface area contributed by atoms with E-state index < -0.39 is 0 Å². The second-order valence-electron chi connectivity index (χ2n) is 3.52. The molecule has 0 amide bonds. The first-order valence-electron chi connectivity index (χ1n) is 5.59. The van der Waals surface area contributed by atoms with Crippen LogP contribution in [-0.4, -0.2) is 34.8 Å². The highest BCUT2D eigenvalue weighted by Crippen LogP contribution is 2.12. The topological polar surface area (TPSA) is 67.3 Å². The minimum Gasteiger partial charge on any atom is -0.477 e. The van der Waals surface area contributed by atoms with E-state index >= 15 is 0 Å². The molecule has 1 rings (SSSR count). The third-order valence-corrected chi connectivity index (χ3v) is 1.92. The first kappa shape index (κ1) is 12.7. The van der Waals surface area contributed by atoms with E-state index in [0.29, 0.717) is 24.9 Å². The van der Waals surface area contributed by atoms with E-state index in [-0.39, 0.29) is 6.61 Å². The summed E-state index contributed by atoms with van der Waals surface area (Å²) in [5, 5.41) is 11.8. The Balaban J connectivity index is 2.58. The molecule has 0 atom stereocenters. The van der Waals surface area contributed by atoms with E-state index in [0.717, 1.165) is 18.7 Å². The number of nitrogens with zero attached hydrogens (tertiary/aromatic N) is 2. The van der Waals surface area contributed by atoms with Crippen LogP contribution in [0.15, 0.2) is 6.07 Å². The number of nitrogens with one attached hydrogen (secondary N) is 1. The smallest absolute Gasteiger partial charge is 0.226 e. The largest absolute Gasteiger partial charge is 0.477 e. The summed E-state index contributed by atoms with van der Waals surface area (Å²) in [5.74, 6) is 1.15. The molecule has 1 heterocycles. The molecule has 0 spiro atoms. The molecule has 1 aromatic heterocycles. The van der Waals surface area contributed by atoms with Crippen LogP contribution in [0.2, 0.25) is 0 Å². The van der Waals surface area contributed by atoms with Crippen LogP contribution < -0.4 is 10.1 Å². The van der Waals surface area contributed by atoms with Crippen LogP contribution in [0, 0.1) is 6.92 Å². The Kier molecular flexibility index (Phi) is 5.56. The molecule has 16 heavy (non-hydrogen) atoms. The van der Waals surface area contributed by atoms with Gasteiger partial charge < -0.3 is 15.2 Å². The molecule has 2 N–H and O–H groups in total. The van der Waals surface area contributed by atoms with Gasteiger partial charge in [0, 0.05) is 31.3 Å². The van der Waals surface area contributed by atoms with Gasteiger partial charge in [-0.3, -0.25) is 0 Å². The molecular weight excluding hydrogens is 206 g/mol. The Morgan fingerprint density at radius 3 is 2.94 bits per heavy atom. The van der Waals surface area contributed by atoms with Gasteiger partial charge in [0.1, 0.15) is 0 Å². The van der Waals surface area contributed by atoms with Crippen molar-refractivity contribution in [2.75, 3.05) is 25.1 Å². The normalized spacial score (nSPS) is 10.2. The van der Waals surface area contributed by atoms with Crippen molar-refractivity contribution in [3.8, 4) is 5.88 Å². The molecule has 5 nitrogen and oxygen atoms in total. The second-order valence-corrected chi connectivity index (χ2v) is 3.52. The second kappa shape index (κ2) is 7.00. The quantitative estimate of drug-likeness (QED) is 0.686. The van der Waals surface area contributed by atoms with E-state index in [4.69, 9.17) is 9.84 Å². The summed E-state index contributed by atoms with van der Waals surface area (Å²) in [6, 6.07) is 1.79. The van der Waals surface area contributed by atoms with Gasteiger partial charge in [0.2, 0.25) is 11.8 Å². The van der Waals surface area contributed by atoms with Crippen molar-refractivity contribution in [3.63, 3.8) is 0 Å². The van der Waals surface area contributed by atoms with Crippen LogP contribution in [0.25, 0.3) is 0 Å². The lowest BCUT2D eigenvalue weighted by molar-refractivity contribution is 0.229. The minimum atomic E-state index is 0.130. The molecule has 0 aromatic carbocycles. The van der Waals surface area contributed by atoms with Crippen LogP contribution in [0.1, 0.15) is 25.5 Å². The van der Waals surface area contributed by atoms with Gasteiger partial charge >= 0.3 is 0 Å². The Morgan fingerprint density at radius 2 is 2.25 bits per heavy atom. The van der Waals surface area contributed by atoms with Crippen molar-refractivity contribution in [1.29, 1.82) is 0 Å². The molecule has 0 bridgehead atoms. The van der Waals surface area contributed by atoms with Crippen molar-refractivity contribution in [3.05, 3.63) is 11.8 Å². The third kappa shape index (κ3) is 4.44. The van der Waals surface area contributed by atoms with Gasteiger partial charge in [0.05, 0.1) is 6.61 Å². The summed E-state index contributed by atoms with van der Waals surface area (Å²) in [7, 11) is 0. The summed E-state index contributed by atoms with van der Waals surface area (Å²) in [6.45, 7) is 5.43. The van der Waals surface area contributed by atoms with Crippen LogP contribution in [0.5, 0.6) is 5.88 Å². The van der Waals surface area contributed by atoms with Gasteiger partial charge in [-0.1, -0.05) is 6.92 Å². The van der Waals surface area contributed by atoms with Crippen molar-refractivity contribution < 1.29 is 9.84 Å². The maximum atomic E-state index is 8.64. The van der Waals surface area contributed by atoms with Crippen LogP contribution in [0.4, 0.5) is 5.95 Å². The number of anilines is 1. The van der Waals surface area contributed by atoms with Gasteiger partial charge in [-0.15, -0.1) is 0 Å². The van der Waals surface area contributed by atoms with Crippen molar-refractivity contribution in [2.24, 2.45) is 0 Å². The maximum absolute atomic E-state index is 8.64. The molecule has 0 radical (unpaired) electrons. The summed E-state index contributed by atoms with van der Waals surface area (Å²) < 4.78 is 5.40. The number of aliphatic hydroxyl groups is 1. The van der Waals surface area contributed by atoms with Gasteiger partial charge in [-0.05, 0) is 13.3 Å². The zero-order valence-corrected chi connectivity index (χ0v) is 9.86. The predicted molar refractivity (Wildman–Crippen MR) is 62.7 cm³/mol. The minimum absolute atomic E-state index is 0.130. The lowest BCUT2D eigenvalue weighted by Crippen LogP contribution is -2.07. The summed E-state index contributed by atoms with van der Waals surface area (Å²) >= 11 is 0. The number of rotatable bonds is 7. The Morgan fingerprint density at radius 1 is 1.44 bits per heavy atom. The zero-order valence-electron chi connectivity index (χ0n) is 9.86. The Hall–Kier alpha value is -1.36. The van der Waals surface area contributed by atoms with Crippen LogP contribution in [0.3, 0.4) is 0 Å². The SMILES string of the molecule is CCCNc1nc(C)cc(OCCCO)n1. The average molecular weight is 225 g/mol. The Labute approximate surface area is 95.9 Å². The first-order chi connectivity index (χ1) is 7.76. The number of ether oxygens (including phenoxy) is 1. The monoisotopic (exact) mass is 225 g/mol. The van der Waals surface area contributed by atoms with Crippen molar-refractivity contribution in [2.45, 2.75) is 26.7 Å². The number of aromatic nitrogens is 2. The summed E-state index contributed by atoms with van der Waals surface area (Å²) in [5.41, 5.74) is 0.868. The van der Waals surface area contributed by atoms with Gasteiger partial charge in [-0.2, -0.15) is 4.98 Å². The van der Waals surface area contributed by atoms with E-state index in [1.54, 1.807) is 6.07 Å². The van der Waals surface area contributed by atoms with E-state index in [1.807, 2.05) is 6.92 Å². The average Bonchev–Trinajstić information content (AvgIpc) is 2.26. The molecule has 0 unspecified atom stereocenters. The molecule has 1 aromatic rings. The predicted octanol–water partition coefficient (Wildman–Crippen LogP) is 1.37. The van der Waals surface area contributed by atoms with Gasteiger partial charge in [-0.25, -0.2) is 4.98 Å². The van der Waals surface area contributed by atoms with E-state index in [9.17, 15) is 0 Å². The highest BCUT2D eigenvalue weighted by molar-refractivity contribution is 5.30. The fourth-order valence-electron chi connectivity index (χ4n) is 1.17. The van der Waals surface area contributed by atoms with Crippen molar-refractivity contribution >= 4 is 5.95 Å². The highest BCUT2D eigenvalue weighted by atomic mass is 16.5. The number of hydrogen-bond acceptors (Lipinski definition) is 5. The highest BCUT2D eigenvalue weighted by Gasteiger charge is 2.02. The number of aryl methyl sites for hydroxylation is 1. The molecule has 0 aliphatic heterocycles. The molecule has 5 heteroatoms. The summed E-state index contributed by atoms with van der Waals surface area (Å²) in [6.07, 6.45) is 1.64. The lowest BCUT2D eigenvalue weighted by atomic mass is 10.4. The van der Waals surface area contributed by atoms with Gasteiger partial charge in [0.15, 0.2) is 0 Å².